The number of hydrogen-bond acceptors (Lipinski definition) is 4. The molecule has 0 bridgehead atoms. The first-order valence-corrected chi connectivity index (χ1v) is 6.34. The van der Waals surface area contributed by atoms with Crippen LogP contribution in [0.3, 0.4) is 0 Å². The van der Waals surface area contributed by atoms with Gasteiger partial charge in [-0.25, -0.2) is 0 Å². The number of fused-ring (bicyclic) bond motifs is 1. The zero-order valence-corrected chi connectivity index (χ0v) is 10.6. The van der Waals surface area contributed by atoms with E-state index in [2.05, 4.69) is 15.5 Å². The second-order valence-corrected chi connectivity index (χ2v) is 4.87. The molecule has 0 aliphatic rings. The standard InChI is InChI=1S/C11H14N4OS/c1-3-12-10(16)8(2)17-11-14-13-9-6-4-5-7-15(9)11/h4-8H,3H2,1-2H3,(H,12,16)/t8-/m0/s1. The first-order chi connectivity index (χ1) is 8.22. The lowest BCUT2D eigenvalue weighted by molar-refractivity contribution is -0.120. The summed E-state index contributed by atoms with van der Waals surface area (Å²) in [6, 6.07) is 5.71. The second kappa shape index (κ2) is 5.18. The Morgan fingerprint density at radius 2 is 2.35 bits per heavy atom. The van der Waals surface area contributed by atoms with E-state index in [0.717, 1.165) is 10.8 Å². The monoisotopic (exact) mass is 250 g/mol. The second-order valence-electron chi connectivity index (χ2n) is 3.57. The third-order valence-corrected chi connectivity index (χ3v) is 3.34. The number of pyridine rings is 1. The van der Waals surface area contributed by atoms with Gasteiger partial charge in [-0.2, -0.15) is 0 Å². The van der Waals surface area contributed by atoms with Crippen LogP contribution in [0.15, 0.2) is 29.6 Å². The maximum absolute atomic E-state index is 11.6. The minimum Gasteiger partial charge on any atom is -0.355 e. The van der Waals surface area contributed by atoms with Gasteiger partial charge in [0.05, 0.1) is 5.25 Å². The number of amides is 1. The van der Waals surface area contributed by atoms with Crippen molar-refractivity contribution in [2.75, 3.05) is 6.54 Å². The molecular weight excluding hydrogens is 236 g/mol. The van der Waals surface area contributed by atoms with Crippen LogP contribution in [-0.4, -0.2) is 32.3 Å². The van der Waals surface area contributed by atoms with Crippen LogP contribution < -0.4 is 5.32 Å². The highest BCUT2D eigenvalue weighted by Crippen LogP contribution is 2.21. The highest BCUT2D eigenvalue weighted by Gasteiger charge is 2.16. The molecule has 1 atom stereocenters. The molecule has 2 rings (SSSR count). The zero-order chi connectivity index (χ0) is 12.3. The van der Waals surface area contributed by atoms with Gasteiger partial charge in [-0.3, -0.25) is 9.20 Å². The lowest BCUT2D eigenvalue weighted by Gasteiger charge is -2.08. The fraction of sp³-hybridized carbons (Fsp3) is 0.364. The van der Waals surface area contributed by atoms with Gasteiger partial charge in [-0.1, -0.05) is 17.8 Å². The van der Waals surface area contributed by atoms with Crippen molar-refractivity contribution < 1.29 is 4.79 Å². The van der Waals surface area contributed by atoms with Crippen LogP contribution in [0.4, 0.5) is 0 Å². The Kier molecular flexibility index (Phi) is 3.63. The predicted molar refractivity (Wildman–Crippen MR) is 67.0 cm³/mol. The van der Waals surface area contributed by atoms with E-state index in [-0.39, 0.29) is 11.2 Å². The van der Waals surface area contributed by atoms with Gasteiger partial charge in [0.15, 0.2) is 10.8 Å². The average Bonchev–Trinajstić information content (AvgIpc) is 2.73. The molecule has 2 aromatic rings. The SMILES string of the molecule is CCNC(=O)[C@H](C)Sc1nnc2ccccn12. The molecule has 90 valence electrons. The Labute approximate surface area is 104 Å². The number of aromatic nitrogens is 3. The molecule has 0 radical (unpaired) electrons. The smallest absolute Gasteiger partial charge is 0.233 e. The number of carbonyl (C=O) groups excluding carboxylic acids is 1. The van der Waals surface area contributed by atoms with Crippen LogP contribution in [-0.2, 0) is 4.79 Å². The van der Waals surface area contributed by atoms with E-state index in [1.54, 1.807) is 0 Å². The van der Waals surface area contributed by atoms with Crippen molar-refractivity contribution in [3.05, 3.63) is 24.4 Å². The van der Waals surface area contributed by atoms with Crippen molar-refractivity contribution in [1.29, 1.82) is 0 Å². The lowest BCUT2D eigenvalue weighted by Crippen LogP contribution is -2.30. The summed E-state index contributed by atoms with van der Waals surface area (Å²) < 4.78 is 1.88. The molecule has 6 heteroatoms. The van der Waals surface area contributed by atoms with Gasteiger partial charge in [0.2, 0.25) is 5.91 Å². The quantitative estimate of drug-likeness (QED) is 0.832. The molecule has 5 nitrogen and oxygen atoms in total. The van der Waals surface area contributed by atoms with E-state index in [0.29, 0.717) is 6.54 Å². The van der Waals surface area contributed by atoms with Crippen LogP contribution in [0, 0.1) is 0 Å². The molecule has 2 aromatic heterocycles. The van der Waals surface area contributed by atoms with Crippen LogP contribution in [0.2, 0.25) is 0 Å². The van der Waals surface area contributed by atoms with Gasteiger partial charge in [0, 0.05) is 12.7 Å². The van der Waals surface area contributed by atoms with Gasteiger partial charge in [0.1, 0.15) is 0 Å². The van der Waals surface area contributed by atoms with Crippen LogP contribution in [0.25, 0.3) is 5.65 Å². The van der Waals surface area contributed by atoms with Crippen LogP contribution in [0.5, 0.6) is 0 Å². The molecule has 0 spiro atoms. The minimum absolute atomic E-state index is 0.0187. The molecule has 1 N–H and O–H groups in total. The third-order valence-electron chi connectivity index (χ3n) is 2.28. The highest BCUT2D eigenvalue weighted by molar-refractivity contribution is 8.00. The van der Waals surface area contributed by atoms with Crippen molar-refractivity contribution in [3.8, 4) is 0 Å². The molecule has 0 saturated heterocycles. The molecule has 0 aliphatic carbocycles. The van der Waals surface area contributed by atoms with Gasteiger partial charge in [-0.15, -0.1) is 10.2 Å². The van der Waals surface area contributed by atoms with Crippen molar-refractivity contribution in [1.82, 2.24) is 19.9 Å². The summed E-state index contributed by atoms with van der Waals surface area (Å²) in [5, 5.41) is 11.5. The lowest BCUT2D eigenvalue weighted by atomic mass is 10.4. The number of thioether (sulfide) groups is 1. The van der Waals surface area contributed by atoms with E-state index >= 15 is 0 Å². The summed E-state index contributed by atoms with van der Waals surface area (Å²) in [5.74, 6) is 0.0187. The first kappa shape index (κ1) is 11.9. The number of nitrogens with one attached hydrogen (secondary N) is 1. The average molecular weight is 250 g/mol. The van der Waals surface area contributed by atoms with E-state index in [1.165, 1.54) is 11.8 Å². The third kappa shape index (κ3) is 2.58. The van der Waals surface area contributed by atoms with Crippen molar-refractivity contribution in [2.24, 2.45) is 0 Å². The molecule has 0 saturated carbocycles. The van der Waals surface area contributed by atoms with Gasteiger partial charge < -0.3 is 5.32 Å². The summed E-state index contributed by atoms with van der Waals surface area (Å²) in [6.45, 7) is 4.41. The van der Waals surface area contributed by atoms with Gasteiger partial charge >= 0.3 is 0 Å². The van der Waals surface area contributed by atoms with Gasteiger partial charge in [-0.05, 0) is 26.0 Å². The van der Waals surface area contributed by atoms with E-state index < -0.39 is 0 Å². The molecule has 0 aromatic carbocycles. The Bertz CT molecular complexity index is 525. The number of nitrogens with zero attached hydrogens (tertiary/aromatic N) is 3. The van der Waals surface area contributed by atoms with E-state index in [9.17, 15) is 4.79 Å². The number of rotatable bonds is 4. The molecule has 17 heavy (non-hydrogen) atoms. The number of hydrogen-bond donors (Lipinski definition) is 1. The number of carbonyl (C=O) groups is 1. The van der Waals surface area contributed by atoms with E-state index in [4.69, 9.17) is 0 Å². The molecule has 2 heterocycles. The molecule has 0 unspecified atom stereocenters. The summed E-state index contributed by atoms with van der Waals surface area (Å²) in [4.78, 5) is 11.6. The van der Waals surface area contributed by atoms with Crippen LogP contribution in [0.1, 0.15) is 13.8 Å². The maximum atomic E-state index is 11.6. The topological polar surface area (TPSA) is 59.3 Å². The van der Waals surface area contributed by atoms with Crippen molar-refractivity contribution >= 4 is 23.3 Å². The summed E-state index contributed by atoms with van der Waals surface area (Å²) in [6.07, 6.45) is 1.89. The summed E-state index contributed by atoms with van der Waals surface area (Å²) >= 11 is 1.41. The first-order valence-electron chi connectivity index (χ1n) is 5.46. The zero-order valence-electron chi connectivity index (χ0n) is 9.75. The summed E-state index contributed by atoms with van der Waals surface area (Å²) in [7, 11) is 0. The van der Waals surface area contributed by atoms with E-state index in [1.807, 2.05) is 42.6 Å². The Morgan fingerprint density at radius 1 is 1.53 bits per heavy atom. The Hall–Kier alpha value is -1.56. The molecule has 0 aliphatic heterocycles. The van der Waals surface area contributed by atoms with Gasteiger partial charge in [0.25, 0.3) is 0 Å². The van der Waals surface area contributed by atoms with Crippen LogP contribution >= 0.6 is 11.8 Å². The largest absolute Gasteiger partial charge is 0.355 e. The fourth-order valence-electron chi connectivity index (χ4n) is 1.43. The fourth-order valence-corrected chi connectivity index (χ4v) is 2.29. The highest BCUT2D eigenvalue weighted by atomic mass is 32.2. The predicted octanol–water partition coefficient (Wildman–Crippen LogP) is 1.35. The maximum Gasteiger partial charge on any atom is 0.233 e. The molecule has 1 amide bonds. The Balaban J connectivity index is 2.16. The Morgan fingerprint density at radius 3 is 3.12 bits per heavy atom. The summed E-state index contributed by atoms with van der Waals surface area (Å²) in [5.41, 5.74) is 0.790. The van der Waals surface area contributed by atoms with Crippen molar-refractivity contribution in [3.63, 3.8) is 0 Å². The molecular formula is C11H14N4OS. The minimum atomic E-state index is -0.178. The molecule has 0 fully saturated rings. The van der Waals surface area contributed by atoms with Crippen molar-refractivity contribution in [2.45, 2.75) is 24.3 Å². The normalized spacial score (nSPS) is 12.6.